The summed E-state index contributed by atoms with van der Waals surface area (Å²) in [5.41, 5.74) is -0.701. The van der Waals surface area contributed by atoms with Crippen molar-refractivity contribution < 1.29 is 13.2 Å². The van der Waals surface area contributed by atoms with Crippen LogP contribution in [0, 0.1) is 5.92 Å². The summed E-state index contributed by atoms with van der Waals surface area (Å²) in [6.45, 7) is 6.64. The largest absolute Gasteiger partial charge is 0.417 e. The normalized spacial score (nSPS) is 20.9. The molecular formula is C13H18F3N3. The van der Waals surface area contributed by atoms with Gasteiger partial charge in [-0.25, -0.2) is 4.98 Å². The Morgan fingerprint density at radius 3 is 2.63 bits per heavy atom. The molecule has 0 aromatic carbocycles. The van der Waals surface area contributed by atoms with E-state index in [0.717, 1.165) is 31.9 Å². The number of nitrogens with zero attached hydrogens (tertiary/aromatic N) is 2. The Bertz CT molecular complexity index is 414. The van der Waals surface area contributed by atoms with Gasteiger partial charge >= 0.3 is 6.18 Å². The maximum absolute atomic E-state index is 12.5. The van der Waals surface area contributed by atoms with Crippen LogP contribution in [0.3, 0.4) is 0 Å². The number of hydrogen-bond acceptors (Lipinski definition) is 3. The van der Waals surface area contributed by atoms with Gasteiger partial charge in [-0.3, -0.25) is 0 Å². The molecule has 0 spiro atoms. The lowest BCUT2D eigenvalue weighted by Gasteiger charge is -2.39. The number of hydrogen-bond donors (Lipinski definition) is 1. The molecule has 0 bridgehead atoms. The standard InChI is InChI=1S/C13H18F3N3/c1-9(2)11-8-17-5-6-19(11)12-4-3-10(7-18-12)13(14,15)16/h3-4,7,9,11,17H,5-6,8H2,1-2H3/t11-/m0/s1. The third-order valence-corrected chi connectivity index (χ3v) is 3.42. The van der Waals surface area contributed by atoms with E-state index in [-0.39, 0.29) is 6.04 Å². The fourth-order valence-corrected chi connectivity index (χ4v) is 2.33. The van der Waals surface area contributed by atoms with Crippen LogP contribution in [0.15, 0.2) is 18.3 Å². The average Bonchev–Trinajstić information content (AvgIpc) is 2.38. The number of piperazine rings is 1. The van der Waals surface area contributed by atoms with Crippen molar-refractivity contribution in [1.29, 1.82) is 0 Å². The Balaban J connectivity index is 2.20. The number of alkyl halides is 3. The first-order chi connectivity index (χ1) is 8.89. The molecule has 106 valence electrons. The van der Waals surface area contributed by atoms with Gasteiger partial charge in [0.1, 0.15) is 5.82 Å². The summed E-state index contributed by atoms with van der Waals surface area (Å²) in [6.07, 6.45) is -3.42. The van der Waals surface area contributed by atoms with Gasteiger partial charge in [-0.2, -0.15) is 13.2 Å². The van der Waals surface area contributed by atoms with Gasteiger partial charge in [0.25, 0.3) is 0 Å². The van der Waals surface area contributed by atoms with Crippen LogP contribution >= 0.6 is 0 Å². The number of rotatable bonds is 2. The zero-order valence-corrected chi connectivity index (χ0v) is 11.0. The van der Waals surface area contributed by atoms with Crippen molar-refractivity contribution in [2.75, 3.05) is 24.5 Å². The summed E-state index contributed by atoms with van der Waals surface area (Å²) in [7, 11) is 0. The molecule has 2 rings (SSSR count). The van der Waals surface area contributed by atoms with E-state index in [1.807, 2.05) is 0 Å². The predicted molar refractivity (Wildman–Crippen MR) is 68.1 cm³/mol. The number of nitrogens with one attached hydrogen (secondary N) is 1. The fraction of sp³-hybridized carbons (Fsp3) is 0.615. The smallest absolute Gasteiger partial charge is 0.351 e. The van der Waals surface area contributed by atoms with Gasteiger partial charge in [-0.15, -0.1) is 0 Å². The van der Waals surface area contributed by atoms with Crippen LogP contribution < -0.4 is 10.2 Å². The summed E-state index contributed by atoms with van der Waals surface area (Å²) in [5, 5.41) is 3.30. The lowest BCUT2D eigenvalue weighted by Crippen LogP contribution is -2.54. The van der Waals surface area contributed by atoms with Gasteiger partial charge < -0.3 is 10.2 Å². The van der Waals surface area contributed by atoms with Crippen LogP contribution in [-0.4, -0.2) is 30.7 Å². The van der Waals surface area contributed by atoms with Gasteiger partial charge in [0.05, 0.1) is 5.56 Å². The van der Waals surface area contributed by atoms with E-state index in [4.69, 9.17) is 0 Å². The summed E-state index contributed by atoms with van der Waals surface area (Å²) in [4.78, 5) is 6.06. The van der Waals surface area contributed by atoms with Gasteiger partial charge in [0.15, 0.2) is 0 Å². The molecule has 0 saturated carbocycles. The van der Waals surface area contributed by atoms with E-state index in [1.165, 1.54) is 6.07 Å². The zero-order chi connectivity index (χ0) is 14.0. The number of halogens is 3. The highest BCUT2D eigenvalue weighted by molar-refractivity contribution is 5.42. The molecule has 3 nitrogen and oxygen atoms in total. The van der Waals surface area contributed by atoms with E-state index >= 15 is 0 Å². The maximum Gasteiger partial charge on any atom is 0.417 e. The van der Waals surface area contributed by atoms with E-state index < -0.39 is 11.7 Å². The Morgan fingerprint density at radius 1 is 1.37 bits per heavy atom. The van der Waals surface area contributed by atoms with E-state index in [2.05, 4.69) is 29.0 Å². The highest BCUT2D eigenvalue weighted by Crippen LogP contribution is 2.30. The summed E-state index contributed by atoms with van der Waals surface area (Å²) in [5.74, 6) is 1.03. The molecule has 19 heavy (non-hydrogen) atoms. The number of pyridine rings is 1. The summed E-state index contributed by atoms with van der Waals surface area (Å²) < 4.78 is 37.5. The molecule has 0 amide bonds. The minimum absolute atomic E-state index is 0.262. The molecule has 6 heteroatoms. The van der Waals surface area contributed by atoms with Crippen LogP contribution in [0.4, 0.5) is 19.0 Å². The van der Waals surface area contributed by atoms with Crippen molar-refractivity contribution in [3.63, 3.8) is 0 Å². The van der Waals surface area contributed by atoms with Gasteiger partial charge in [0, 0.05) is 31.9 Å². The number of anilines is 1. The van der Waals surface area contributed by atoms with Crippen molar-refractivity contribution in [3.05, 3.63) is 23.9 Å². The monoisotopic (exact) mass is 273 g/mol. The van der Waals surface area contributed by atoms with Gasteiger partial charge in [0.2, 0.25) is 0 Å². The Kier molecular flexibility index (Phi) is 3.99. The molecular weight excluding hydrogens is 255 g/mol. The molecule has 1 aliphatic rings. The number of aromatic nitrogens is 1. The maximum atomic E-state index is 12.5. The SMILES string of the molecule is CC(C)[C@@H]1CNCCN1c1ccc(C(F)(F)F)cn1. The molecule has 0 unspecified atom stereocenters. The fourth-order valence-electron chi connectivity index (χ4n) is 2.33. The van der Waals surface area contributed by atoms with Crippen LogP contribution in [0.1, 0.15) is 19.4 Å². The minimum atomic E-state index is -4.33. The molecule has 1 atom stereocenters. The Morgan fingerprint density at radius 2 is 2.11 bits per heavy atom. The zero-order valence-electron chi connectivity index (χ0n) is 11.0. The van der Waals surface area contributed by atoms with Crippen molar-refractivity contribution >= 4 is 5.82 Å². The molecule has 0 aliphatic carbocycles. The summed E-state index contributed by atoms with van der Waals surface area (Å²) in [6, 6.07) is 2.82. The second kappa shape index (κ2) is 5.36. The van der Waals surface area contributed by atoms with E-state index in [0.29, 0.717) is 11.7 Å². The summed E-state index contributed by atoms with van der Waals surface area (Å²) >= 11 is 0. The first-order valence-electron chi connectivity index (χ1n) is 6.40. The van der Waals surface area contributed by atoms with Crippen LogP contribution in [0.5, 0.6) is 0 Å². The molecule has 1 aliphatic heterocycles. The topological polar surface area (TPSA) is 28.2 Å². The highest BCUT2D eigenvalue weighted by Gasteiger charge is 2.31. The molecule has 1 N–H and O–H groups in total. The van der Waals surface area contributed by atoms with Crippen molar-refractivity contribution in [2.45, 2.75) is 26.1 Å². The van der Waals surface area contributed by atoms with Gasteiger partial charge in [-0.1, -0.05) is 13.8 Å². The molecule has 1 saturated heterocycles. The van der Waals surface area contributed by atoms with E-state index in [1.54, 1.807) is 0 Å². The second-order valence-corrected chi connectivity index (χ2v) is 5.11. The third-order valence-electron chi connectivity index (χ3n) is 3.42. The Hall–Kier alpha value is -1.30. The predicted octanol–water partition coefficient (Wildman–Crippen LogP) is 2.53. The molecule has 0 radical (unpaired) electrons. The average molecular weight is 273 g/mol. The first-order valence-corrected chi connectivity index (χ1v) is 6.40. The van der Waals surface area contributed by atoms with Crippen molar-refractivity contribution in [2.24, 2.45) is 5.92 Å². The lowest BCUT2D eigenvalue weighted by molar-refractivity contribution is -0.137. The van der Waals surface area contributed by atoms with Crippen LogP contribution in [-0.2, 0) is 6.18 Å². The lowest BCUT2D eigenvalue weighted by atomic mass is 10.0. The molecule has 1 aromatic rings. The minimum Gasteiger partial charge on any atom is -0.351 e. The second-order valence-electron chi connectivity index (χ2n) is 5.11. The first kappa shape index (κ1) is 14.1. The van der Waals surface area contributed by atoms with Crippen LogP contribution in [0.25, 0.3) is 0 Å². The van der Waals surface area contributed by atoms with Crippen molar-refractivity contribution in [3.8, 4) is 0 Å². The van der Waals surface area contributed by atoms with Crippen molar-refractivity contribution in [1.82, 2.24) is 10.3 Å². The quantitative estimate of drug-likeness (QED) is 0.897. The highest BCUT2D eigenvalue weighted by atomic mass is 19.4. The van der Waals surface area contributed by atoms with Gasteiger partial charge in [-0.05, 0) is 18.1 Å². The van der Waals surface area contributed by atoms with E-state index in [9.17, 15) is 13.2 Å². The molecule has 1 aromatic heterocycles. The third kappa shape index (κ3) is 3.18. The Labute approximate surface area is 110 Å². The molecule has 1 fully saturated rings. The van der Waals surface area contributed by atoms with Crippen LogP contribution in [0.2, 0.25) is 0 Å². The molecule has 2 heterocycles.